The molecular formula is C21H17BrO4. The van der Waals surface area contributed by atoms with Gasteiger partial charge in [0.05, 0.1) is 23.1 Å². The fraction of sp³-hybridized carbons (Fsp3) is 0.143. The third-order valence-electron chi connectivity index (χ3n) is 4.22. The Morgan fingerprint density at radius 3 is 2.42 bits per heavy atom. The number of methoxy groups -OCH3 is 1. The van der Waals surface area contributed by atoms with Crippen molar-refractivity contribution < 1.29 is 19.1 Å². The molecule has 0 saturated carbocycles. The maximum absolute atomic E-state index is 12.4. The molecule has 4 nitrogen and oxygen atoms in total. The molecule has 3 aromatic rings. The minimum Gasteiger partial charge on any atom is -0.496 e. The lowest BCUT2D eigenvalue weighted by atomic mass is 9.98. The van der Waals surface area contributed by atoms with Crippen molar-refractivity contribution in [3.05, 3.63) is 76.3 Å². The average molecular weight is 413 g/mol. The van der Waals surface area contributed by atoms with E-state index in [1.165, 1.54) is 0 Å². The normalized spacial score (nSPS) is 11.8. The fourth-order valence-electron chi connectivity index (χ4n) is 2.67. The van der Waals surface area contributed by atoms with Crippen LogP contribution in [-0.2, 0) is 9.53 Å². The molecule has 1 atom stereocenters. The number of benzene rings is 3. The van der Waals surface area contributed by atoms with Gasteiger partial charge in [-0.2, -0.15) is 0 Å². The van der Waals surface area contributed by atoms with Crippen molar-refractivity contribution in [3.63, 3.8) is 0 Å². The second kappa shape index (κ2) is 7.70. The molecule has 3 rings (SSSR count). The molecule has 0 N–H and O–H groups in total. The Morgan fingerprint density at radius 1 is 1.00 bits per heavy atom. The molecule has 0 saturated heterocycles. The van der Waals surface area contributed by atoms with Crippen molar-refractivity contribution in [2.45, 2.75) is 12.8 Å². The first-order chi connectivity index (χ1) is 12.5. The van der Waals surface area contributed by atoms with E-state index in [2.05, 4.69) is 15.9 Å². The smallest absolute Gasteiger partial charge is 0.345 e. The van der Waals surface area contributed by atoms with Gasteiger partial charge in [0.2, 0.25) is 0 Å². The van der Waals surface area contributed by atoms with E-state index in [1.807, 2.05) is 30.3 Å². The van der Waals surface area contributed by atoms with Crippen LogP contribution in [0.1, 0.15) is 28.8 Å². The molecule has 0 radical (unpaired) electrons. The quantitative estimate of drug-likeness (QED) is 0.441. The van der Waals surface area contributed by atoms with Crippen molar-refractivity contribution in [2.75, 3.05) is 7.11 Å². The van der Waals surface area contributed by atoms with Gasteiger partial charge in [-0.3, -0.25) is 4.79 Å². The number of ether oxygens (including phenoxy) is 2. The molecule has 0 heterocycles. The molecule has 0 aliphatic heterocycles. The summed E-state index contributed by atoms with van der Waals surface area (Å²) >= 11 is 3.53. The molecule has 0 fully saturated rings. The van der Waals surface area contributed by atoms with E-state index in [4.69, 9.17) is 9.47 Å². The predicted octanol–water partition coefficient (Wildman–Crippen LogP) is 5.10. The fourth-order valence-corrected chi connectivity index (χ4v) is 3.32. The van der Waals surface area contributed by atoms with Crippen LogP contribution in [0, 0.1) is 0 Å². The number of esters is 2. The first-order valence-corrected chi connectivity index (χ1v) is 8.87. The van der Waals surface area contributed by atoms with Gasteiger partial charge in [-0.1, -0.05) is 42.5 Å². The zero-order chi connectivity index (χ0) is 18.7. The number of carbonyl (C=O) groups is 2. The third-order valence-corrected chi connectivity index (χ3v) is 5.04. The lowest BCUT2D eigenvalue weighted by Crippen LogP contribution is -2.18. The van der Waals surface area contributed by atoms with Crippen molar-refractivity contribution in [1.82, 2.24) is 0 Å². The van der Waals surface area contributed by atoms with E-state index in [-0.39, 0.29) is 0 Å². The van der Waals surface area contributed by atoms with Gasteiger partial charge in [0.1, 0.15) is 5.75 Å². The van der Waals surface area contributed by atoms with Gasteiger partial charge >= 0.3 is 11.9 Å². The zero-order valence-corrected chi connectivity index (χ0v) is 15.9. The second-order valence-corrected chi connectivity index (χ2v) is 6.65. The molecule has 0 amide bonds. The molecule has 26 heavy (non-hydrogen) atoms. The van der Waals surface area contributed by atoms with Gasteiger partial charge in [0, 0.05) is 0 Å². The van der Waals surface area contributed by atoms with E-state index >= 15 is 0 Å². The van der Waals surface area contributed by atoms with Crippen LogP contribution in [0.25, 0.3) is 10.8 Å². The van der Waals surface area contributed by atoms with Crippen molar-refractivity contribution >= 4 is 38.6 Å². The van der Waals surface area contributed by atoms with Crippen LogP contribution < -0.4 is 4.74 Å². The SMILES string of the molecule is COc1ccc2cc(C(C)C(=O)OC(=O)c3ccccc3)ccc2c1Br. The first-order valence-electron chi connectivity index (χ1n) is 8.08. The number of carbonyl (C=O) groups excluding carboxylic acids is 2. The van der Waals surface area contributed by atoms with Gasteiger partial charge in [0.25, 0.3) is 0 Å². The van der Waals surface area contributed by atoms with E-state index in [9.17, 15) is 9.59 Å². The Balaban J connectivity index is 1.82. The summed E-state index contributed by atoms with van der Waals surface area (Å²) in [7, 11) is 1.61. The van der Waals surface area contributed by atoms with Gasteiger partial charge in [-0.15, -0.1) is 0 Å². The summed E-state index contributed by atoms with van der Waals surface area (Å²) in [5.41, 5.74) is 1.13. The Labute approximate surface area is 159 Å². The summed E-state index contributed by atoms with van der Waals surface area (Å²) in [5.74, 6) is -1.04. The summed E-state index contributed by atoms with van der Waals surface area (Å²) in [5, 5.41) is 1.94. The molecule has 0 aromatic heterocycles. The molecule has 132 valence electrons. The topological polar surface area (TPSA) is 52.6 Å². The summed E-state index contributed by atoms with van der Waals surface area (Å²) in [4.78, 5) is 24.4. The summed E-state index contributed by atoms with van der Waals surface area (Å²) in [6, 6.07) is 17.9. The molecule has 1 unspecified atom stereocenters. The largest absolute Gasteiger partial charge is 0.496 e. The molecule has 0 aliphatic rings. The van der Waals surface area contributed by atoms with Crippen LogP contribution >= 0.6 is 15.9 Å². The minimum absolute atomic E-state index is 0.350. The Bertz CT molecular complexity index is 966. The highest BCUT2D eigenvalue weighted by Crippen LogP contribution is 2.34. The van der Waals surface area contributed by atoms with Crippen LogP contribution in [0.3, 0.4) is 0 Å². The summed E-state index contributed by atoms with van der Waals surface area (Å²) in [6.45, 7) is 1.72. The lowest BCUT2D eigenvalue weighted by molar-refractivity contribution is -0.139. The Hall–Kier alpha value is -2.66. The Kier molecular flexibility index (Phi) is 5.38. The van der Waals surface area contributed by atoms with Crippen LogP contribution in [0.15, 0.2) is 65.1 Å². The van der Waals surface area contributed by atoms with E-state index in [0.717, 1.165) is 26.6 Å². The maximum atomic E-state index is 12.4. The number of rotatable bonds is 4. The molecule has 3 aromatic carbocycles. The number of hydrogen-bond acceptors (Lipinski definition) is 4. The number of fused-ring (bicyclic) bond motifs is 1. The summed E-state index contributed by atoms with van der Waals surface area (Å²) in [6.07, 6.45) is 0. The van der Waals surface area contributed by atoms with Crippen LogP contribution in [-0.4, -0.2) is 19.0 Å². The maximum Gasteiger partial charge on any atom is 0.345 e. The number of hydrogen-bond donors (Lipinski definition) is 0. The van der Waals surface area contributed by atoms with Crippen molar-refractivity contribution in [2.24, 2.45) is 0 Å². The van der Waals surface area contributed by atoms with E-state index in [0.29, 0.717) is 5.56 Å². The molecule has 0 spiro atoms. The molecular weight excluding hydrogens is 396 g/mol. The monoisotopic (exact) mass is 412 g/mol. The number of halogens is 1. The molecule has 0 aliphatic carbocycles. The molecule has 5 heteroatoms. The first kappa shape index (κ1) is 18.1. The minimum atomic E-state index is -0.643. The van der Waals surface area contributed by atoms with Crippen LogP contribution in [0.4, 0.5) is 0 Å². The van der Waals surface area contributed by atoms with E-state index < -0.39 is 17.9 Å². The summed E-state index contributed by atoms with van der Waals surface area (Å²) < 4.78 is 11.2. The predicted molar refractivity (Wildman–Crippen MR) is 103 cm³/mol. The van der Waals surface area contributed by atoms with Crippen LogP contribution in [0.2, 0.25) is 0 Å². The highest BCUT2D eigenvalue weighted by Gasteiger charge is 2.21. The highest BCUT2D eigenvalue weighted by atomic mass is 79.9. The van der Waals surface area contributed by atoms with Gasteiger partial charge in [-0.25, -0.2) is 4.79 Å². The Morgan fingerprint density at radius 2 is 1.73 bits per heavy atom. The standard InChI is InChI=1S/C21H17BrO4/c1-13(20(23)26-21(24)14-6-4-3-5-7-14)15-8-10-17-16(12-15)9-11-18(25-2)19(17)22/h3-13H,1-2H3. The van der Waals surface area contributed by atoms with Crippen molar-refractivity contribution in [3.8, 4) is 5.75 Å². The lowest BCUT2D eigenvalue weighted by Gasteiger charge is -2.13. The second-order valence-electron chi connectivity index (χ2n) is 5.86. The third kappa shape index (κ3) is 3.63. The van der Waals surface area contributed by atoms with Gasteiger partial charge in [0.15, 0.2) is 0 Å². The van der Waals surface area contributed by atoms with Crippen molar-refractivity contribution in [1.29, 1.82) is 0 Å². The van der Waals surface area contributed by atoms with Gasteiger partial charge in [-0.05, 0) is 57.4 Å². The average Bonchev–Trinajstić information content (AvgIpc) is 2.68. The molecule has 0 bridgehead atoms. The zero-order valence-electron chi connectivity index (χ0n) is 14.4. The van der Waals surface area contributed by atoms with Crippen LogP contribution in [0.5, 0.6) is 5.75 Å². The highest BCUT2D eigenvalue weighted by molar-refractivity contribution is 9.10. The van der Waals surface area contributed by atoms with Gasteiger partial charge < -0.3 is 9.47 Å². The van der Waals surface area contributed by atoms with E-state index in [1.54, 1.807) is 44.4 Å².